The molecule has 1 aliphatic heterocycles. The fourth-order valence-electron chi connectivity index (χ4n) is 3.86. The van der Waals surface area contributed by atoms with Gasteiger partial charge in [0.25, 0.3) is 0 Å². The highest BCUT2D eigenvalue weighted by Gasteiger charge is 2.26. The molecule has 8 nitrogen and oxygen atoms in total. The van der Waals surface area contributed by atoms with E-state index in [0.717, 1.165) is 62.6 Å². The van der Waals surface area contributed by atoms with Gasteiger partial charge >= 0.3 is 0 Å². The van der Waals surface area contributed by atoms with E-state index in [4.69, 9.17) is 9.62 Å². The van der Waals surface area contributed by atoms with Gasteiger partial charge in [0.1, 0.15) is 0 Å². The van der Waals surface area contributed by atoms with E-state index in [0.29, 0.717) is 5.92 Å². The predicted octanol–water partition coefficient (Wildman–Crippen LogP) is 1.38. The van der Waals surface area contributed by atoms with Crippen LogP contribution in [-0.2, 0) is 19.4 Å². The molecular formula is C16H19N7O. The summed E-state index contributed by atoms with van der Waals surface area (Å²) >= 11 is 0. The summed E-state index contributed by atoms with van der Waals surface area (Å²) in [5, 5.41) is 17.5. The smallest absolute Gasteiger partial charge is 0.213 e. The minimum atomic E-state index is 0.411. The van der Waals surface area contributed by atoms with Crippen molar-refractivity contribution in [3.05, 3.63) is 35.4 Å². The Hall–Kier alpha value is -2.35. The Morgan fingerprint density at radius 3 is 2.92 bits per heavy atom. The summed E-state index contributed by atoms with van der Waals surface area (Å²) in [7, 11) is 0. The lowest BCUT2D eigenvalue weighted by Crippen LogP contribution is -2.33. The van der Waals surface area contributed by atoms with Gasteiger partial charge in [0.05, 0.1) is 12.2 Å². The largest absolute Gasteiger partial charge is 0.343 e. The molecule has 0 bridgehead atoms. The first-order valence-electron chi connectivity index (χ1n) is 8.58. The number of hydrogen-bond donors (Lipinski definition) is 0. The number of likely N-dealkylation sites (tertiary alicyclic amines) is 1. The molecule has 1 saturated heterocycles. The van der Waals surface area contributed by atoms with Gasteiger partial charge in [-0.25, -0.2) is 0 Å². The molecule has 2 aliphatic rings. The second-order valence-electron chi connectivity index (χ2n) is 6.70. The Bertz CT molecular complexity index is 849. The maximum atomic E-state index is 4.82. The third kappa shape index (κ3) is 2.37. The highest BCUT2D eigenvalue weighted by atomic mass is 16.5. The SMILES string of the molecule is c1nc(CN2CCC(c3nnc4cc5c(nn34)CCC5)CC2)no1. The zero-order valence-corrected chi connectivity index (χ0v) is 13.4. The van der Waals surface area contributed by atoms with E-state index in [-0.39, 0.29) is 0 Å². The van der Waals surface area contributed by atoms with E-state index in [1.165, 1.54) is 24.1 Å². The van der Waals surface area contributed by atoms with Crippen molar-refractivity contribution in [3.63, 3.8) is 0 Å². The van der Waals surface area contributed by atoms with Crippen molar-refractivity contribution in [2.24, 2.45) is 0 Å². The van der Waals surface area contributed by atoms with Crippen LogP contribution < -0.4 is 0 Å². The topological polar surface area (TPSA) is 85.2 Å². The molecule has 24 heavy (non-hydrogen) atoms. The molecule has 0 radical (unpaired) electrons. The number of piperidine rings is 1. The van der Waals surface area contributed by atoms with Gasteiger partial charge in [-0.15, -0.1) is 10.2 Å². The van der Waals surface area contributed by atoms with Crippen LogP contribution in [0.25, 0.3) is 5.65 Å². The molecule has 1 aliphatic carbocycles. The first kappa shape index (κ1) is 14.0. The Labute approximate surface area is 138 Å². The average molecular weight is 325 g/mol. The molecule has 0 atom stereocenters. The molecule has 5 rings (SSSR count). The lowest BCUT2D eigenvalue weighted by Gasteiger charge is -2.29. The molecule has 4 heterocycles. The van der Waals surface area contributed by atoms with Crippen LogP contribution in [0.5, 0.6) is 0 Å². The lowest BCUT2D eigenvalue weighted by atomic mass is 9.96. The Balaban J connectivity index is 1.34. The van der Waals surface area contributed by atoms with Crippen molar-refractivity contribution in [1.82, 2.24) is 34.9 Å². The van der Waals surface area contributed by atoms with Crippen molar-refractivity contribution in [3.8, 4) is 0 Å². The Morgan fingerprint density at radius 1 is 1.17 bits per heavy atom. The van der Waals surface area contributed by atoms with E-state index >= 15 is 0 Å². The summed E-state index contributed by atoms with van der Waals surface area (Å²) < 4.78 is 6.78. The lowest BCUT2D eigenvalue weighted by molar-refractivity contribution is 0.194. The second-order valence-corrected chi connectivity index (χ2v) is 6.70. The van der Waals surface area contributed by atoms with Crippen LogP contribution >= 0.6 is 0 Å². The molecule has 0 N–H and O–H groups in total. The van der Waals surface area contributed by atoms with Gasteiger partial charge < -0.3 is 4.52 Å². The van der Waals surface area contributed by atoms with Crippen LogP contribution in [0.3, 0.4) is 0 Å². The van der Waals surface area contributed by atoms with Crippen molar-refractivity contribution in [2.45, 2.75) is 44.6 Å². The molecule has 0 spiro atoms. The predicted molar refractivity (Wildman–Crippen MR) is 84.4 cm³/mol. The van der Waals surface area contributed by atoms with Gasteiger partial charge in [-0.2, -0.15) is 14.6 Å². The zero-order valence-electron chi connectivity index (χ0n) is 13.4. The molecule has 0 amide bonds. The highest BCUT2D eigenvalue weighted by Crippen LogP contribution is 2.28. The molecule has 3 aromatic rings. The van der Waals surface area contributed by atoms with Crippen LogP contribution in [0.15, 0.2) is 17.0 Å². The normalized spacial score (nSPS) is 19.2. The minimum Gasteiger partial charge on any atom is -0.343 e. The molecule has 8 heteroatoms. The Kier molecular flexibility index (Phi) is 3.29. The number of fused-ring (bicyclic) bond motifs is 2. The first-order valence-corrected chi connectivity index (χ1v) is 8.58. The third-order valence-electron chi connectivity index (χ3n) is 5.17. The van der Waals surface area contributed by atoms with Gasteiger partial charge in [0.15, 0.2) is 17.3 Å². The van der Waals surface area contributed by atoms with Gasteiger partial charge in [-0.3, -0.25) is 4.90 Å². The first-order chi connectivity index (χ1) is 11.9. The maximum absolute atomic E-state index is 4.82. The monoisotopic (exact) mass is 325 g/mol. The summed E-state index contributed by atoms with van der Waals surface area (Å²) in [5.41, 5.74) is 3.45. The number of nitrogens with zero attached hydrogens (tertiary/aromatic N) is 7. The number of aromatic nitrogens is 6. The van der Waals surface area contributed by atoms with Crippen molar-refractivity contribution in [2.75, 3.05) is 13.1 Å². The van der Waals surface area contributed by atoms with Crippen LogP contribution in [0.2, 0.25) is 0 Å². The van der Waals surface area contributed by atoms with Crippen molar-refractivity contribution < 1.29 is 4.52 Å². The molecule has 0 unspecified atom stereocenters. The van der Waals surface area contributed by atoms with Crippen molar-refractivity contribution >= 4 is 5.65 Å². The third-order valence-corrected chi connectivity index (χ3v) is 5.17. The van der Waals surface area contributed by atoms with Crippen molar-refractivity contribution in [1.29, 1.82) is 0 Å². The van der Waals surface area contributed by atoms with Crippen LogP contribution in [-0.4, -0.2) is 47.9 Å². The standard InChI is InChI=1S/C16H19N7O/c1-2-12-8-15-18-19-16(23(15)20-13(12)3-1)11-4-6-22(7-5-11)9-14-17-10-24-21-14/h8,10-11H,1-7,9H2. The maximum Gasteiger partial charge on any atom is 0.213 e. The molecule has 124 valence electrons. The second kappa shape index (κ2) is 5.62. The summed E-state index contributed by atoms with van der Waals surface area (Å²) in [6.07, 6.45) is 6.89. The Morgan fingerprint density at radius 2 is 2.08 bits per heavy atom. The van der Waals surface area contributed by atoms with Gasteiger partial charge in [0.2, 0.25) is 6.39 Å². The summed E-state index contributed by atoms with van der Waals surface area (Å²) in [6, 6.07) is 2.16. The van der Waals surface area contributed by atoms with E-state index in [2.05, 4.69) is 31.3 Å². The fraction of sp³-hybridized carbons (Fsp3) is 0.562. The summed E-state index contributed by atoms with van der Waals surface area (Å²) in [6.45, 7) is 2.74. The van der Waals surface area contributed by atoms with E-state index < -0.39 is 0 Å². The van der Waals surface area contributed by atoms with Crippen LogP contribution in [0.4, 0.5) is 0 Å². The van der Waals surface area contributed by atoms with E-state index in [9.17, 15) is 0 Å². The van der Waals surface area contributed by atoms with E-state index in [1.807, 2.05) is 4.52 Å². The van der Waals surface area contributed by atoms with E-state index in [1.54, 1.807) is 0 Å². The minimum absolute atomic E-state index is 0.411. The quantitative estimate of drug-likeness (QED) is 0.719. The van der Waals surface area contributed by atoms with Gasteiger partial charge in [-0.1, -0.05) is 5.16 Å². The molecular weight excluding hydrogens is 306 g/mol. The number of aryl methyl sites for hydroxylation is 2. The summed E-state index contributed by atoms with van der Waals surface area (Å²) in [5.74, 6) is 2.17. The molecule has 0 saturated carbocycles. The van der Waals surface area contributed by atoms with Crippen LogP contribution in [0.1, 0.15) is 48.1 Å². The molecule has 3 aromatic heterocycles. The van der Waals surface area contributed by atoms with Crippen LogP contribution in [0, 0.1) is 0 Å². The number of hydrogen-bond acceptors (Lipinski definition) is 7. The summed E-state index contributed by atoms with van der Waals surface area (Å²) in [4.78, 5) is 6.45. The van der Waals surface area contributed by atoms with Gasteiger partial charge in [-0.05, 0) is 56.8 Å². The fourth-order valence-corrected chi connectivity index (χ4v) is 3.86. The zero-order chi connectivity index (χ0) is 15.9. The molecule has 1 fully saturated rings. The van der Waals surface area contributed by atoms with Gasteiger partial charge in [0, 0.05) is 5.92 Å². The molecule has 0 aromatic carbocycles. The highest BCUT2D eigenvalue weighted by molar-refractivity contribution is 5.43. The number of rotatable bonds is 3. The average Bonchev–Trinajstić information content (AvgIpc) is 3.34.